The molecular weight excluding hydrogens is 144 g/mol. The van der Waals surface area contributed by atoms with Gasteiger partial charge in [0.2, 0.25) is 5.88 Å². The Morgan fingerprint density at radius 2 is 2.45 bits per heavy atom. The number of hydrogen-bond acceptors (Lipinski definition) is 4. The van der Waals surface area contributed by atoms with Gasteiger partial charge in [0.25, 0.3) is 0 Å². The minimum atomic E-state index is 0.00342. The van der Waals surface area contributed by atoms with E-state index >= 15 is 0 Å². The van der Waals surface area contributed by atoms with Gasteiger partial charge in [0.05, 0.1) is 6.61 Å². The molecule has 0 aliphatic rings. The molecule has 1 N–H and O–H groups in total. The summed E-state index contributed by atoms with van der Waals surface area (Å²) in [6.07, 6.45) is 3.08. The lowest BCUT2D eigenvalue weighted by molar-refractivity contribution is 0.195. The third kappa shape index (κ3) is 2.16. The Hall–Kier alpha value is -1.16. The van der Waals surface area contributed by atoms with E-state index in [0.29, 0.717) is 5.88 Å². The highest BCUT2D eigenvalue weighted by atomic mass is 16.5. The number of rotatable bonds is 3. The molecule has 1 aromatic heterocycles. The summed E-state index contributed by atoms with van der Waals surface area (Å²) in [7, 11) is 0. The lowest BCUT2D eigenvalue weighted by Crippen LogP contribution is -2.04. The standard InChI is InChI=1S/C7H10N2O2/c1-6-4-8-5-9-7(6)11-3-2-10/h4-5,10H,2-3H2,1H3. The zero-order chi connectivity index (χ0) is 8.10. The molecule has 0 saturated heterocycles. The first kappa shape index (κ1) is 7.94. The van der Waals surface area contributed by atoms with E-state index in [1.54, 1.807) is 6.20 Å². The van der Waals surface area contributed by atoms with Gasteiger partial charge in [-0.1, -0.05) is 0 Å². The molecule has 0 amide bonds. The van der Waals surface area contributed by atoms with E-state index in [1.165, 1.54) is 6.33 Å². The van der Waals surface area contributed by atoms with E-state index in [9.17, 15) is 0 Å². The van der Waals surface area contributed by atoms with Gasteiger partial charge >= 0.3 is 0 Å². The molecule has 0 bridgehead atoms. The smallest absolute Gasteiger partial charge is 0.219 e. The van der Waals surface area contributed by atoms with Gasteiger partial charge < -0.3 is 9.84 Å². The van der Waals surface area contributed by atoms with Crippen LogP contribution in [0.4, 0.5) is 0 Å². The van der Waals surface area contributed by atoms with Crippen LogP contribution in [0.15, 0.2) is 12.5 Å². The van der Waals surface area contributed by atoms with Crippen LogP contribution in [-0.4, -0.2) is 28.3 Å². The lowest BCUT2D eigenvalue weighted by Gasteiger charge is -2.03. The summed E-state index contributed by atoms with van der Waals surface area (Å²) < 4.78 is 5.08. The second-order valence-corrected chi connectivity index (χ2v) is 2.08. The van der Waals surface area contributed by atoms with Crippen LogP contribution in [-0.2, 0) is 0 Å². The molecule has 60 valence electrons. The number of nitrogens with zero attached hydrogens (tertiary/aromatic N) is 2. The minimum Gasteiger partial charge on any atom is -0.475 e. The molecule has 0 aliphatic heterocycles. The van der Waals surface area contributed by atoms with Gasteiger partial charge in [-0.15, -0.1) is 0 Å². The number of aromatic nitrogens is 2. The van der Waals surface area contributed by atoms with Crippen molar-refractivity contribution in [3.63, 3.8) is 0 Å². The molecule has 0 spiro atoms. The van der Waals surface area contributed by atoms with E-state index in [1.807, 2.05) is 6.92 Å². The van der Waals surface area contributed by atoms with Gasteiger partial charge in [0.15, 0.2) is 0 Å². The van der Waals surface area contributed by atoms with Crippen LogP contribution < -0.4 is 4.74 Å². The molecule has 0 atom stereocenters. The number of hydrogen-bond donors (Lipinski definition) is 1. The van der Waals surface area contributed by atoms with Crippen molar-refractivity contribution >= 4 is 0 Å². The van der Waals surface area contributed by atoms with E-state index in [-0.39, 0.29) is 13.2 Å². The highest BCUT2D eigenvalue weighted by molar-refractivity contribution is 5.19. The quantitative estimate of drug-likeness (QED) is 0.673. The zero-order valence-corrected chi connectivity index (χ0v) is 6.32. The van der Waals surface area contributed by atoms with Crippen molar-refractivity contribution < 1.29 is 9.84 Å². The fraction of sp³-hybridized carbons (Fsp3) is 0.429. The summed E-state index contributed by atoms with van der Waals surface area (Å²) in [5.74, 6) is 0.536. The molecule has 0 unspecified atom stereocenters. The SMILES string of the molecule is Cc1cncnc1OCCO. The maximum Gasteiger partial charge on any atom is 0.219 e. The van der Waals surface area contributed by atoms with Crippen LogP contribution >= 0.6 is 0 Å². The summed E-state index contributed by atoms with van der Waals surface area (Å²) in [5.41, 5.74) is 0.876. The Bertz CT molecular complexity index is 227. The molecule has 0 aliphatic carbocycles. The van der Waals surface area contributed by atoms with Crippen LogP contribution in [0.5, 0.6) is 5.88 Å². The fourth-order valence-corrected chi connectivity index (χ4v) is 0.681. The number of aryl methyl sites for hydroxylation is 1. The van der Waals surface area contributed by atoms with Crippen LogP contribution in [0, 0.1) is 6.92 Å². The molecule has 0 radical (unpaired) electrons. The Labute approximate surface area is 64.9 Å². The average molecular weight is 154 g/mol. The molecule has 1 aromatic rings. The highest BCUT2D eigenvalue weighted by Crippen LogP contribution is 2.09. The largest absolute Gasteiger partial charge is 0.475 e. The van der Waals surface area contributed by atoms with Crippen molar-refractivity contribution in [1.82, 2.24) is 9.97 Å². The van der Waals surface area contributed by atoms with Crippen LogP contribution in [0.2, 0.25) is 0 Å². The second-order valence-electron chi connectivity index (χ2n) is 2.08. The maximum atomic E-state index is 8.45. The first-order valence-electron chi connectivity index (χ1n) is 3.35. The highest BCUT2D eigenvalue weighted by Gasteiger charge is 1.97. The molecule has 0 fully saturated rings. The Morgan fingerprint density at radius 3 is 3.09 bits per heavy atom. The fourth-order valence-electron chi connectivity index (χ4n) is 0.681. The van der Waals surface area contributed by atoms with Crippen LogP contribution in [0.25, 0.3) is 0 Å². The van der Waals surface area contributed by atoms with Gasteiger partial charge in [-0.3, -0.25) is 0 Å². The van der Waals surface area contributed by atoms with E-state index < -0.39 is 0 Å². The number of aliphatic hydroxyl groups is 1. The summed E-state index contributed by atoms with van der Waals surface area (Å²) in [6, 6.07) is 0. The first-order chi connectivity index (χ1) is 5.34. The lowest BCUT2D eigenvalue weighted by atomic mass is 10.4. The molecule has 0 saturated carbocycles. The summed E-state index contributed by atoms with van der Waals surface area (Å²) in [4.78, 5) is 7.67. The number of ether oxygens (including phenoxy) is 1. The molecule has 1 rings (SSSR count). The Balaban J connectivity index is 2.62. The van der Waals surface area contributed by atoms with Crippen molar-refractivity contribution in [2.45, 2.75) is 6.92 Å². The molecule has 4 heteroatoms. The Kier molecular flexibility index (Phi) is 2.80. The van der Waals surface area contributed by atoms with Crippen molar-refractivity contribution in [2.24, 2.45) is 0 Å². The molecule has 0 aromatic carbocycles. The molecular formula is C7H10N2O2. The number of aliphatic hydroxyl groups excluding tert-OH is 1. The summed E-state index contributed by atoms with van der Waals surface area (Å²) >= 11 is 0. The van der Waals surface area contributed by atoms with E-state index in [2.05, 4.69) is 9.97 Å². The van der Waals surface area contributed by atoms with Gasteiger partial charge in [0.1, 0.15) is 12.9 Å². The zero-order valence-electron chi connectivity index (χ0n) is 6.32. The predicted octanol–water partition coefficient (Wildman–Crippen LogP) is 0.156. The van der Waals surface area contributed by atoms with Crippen LogP contribution in [0.1, 0.15) is 5.56 Å². The Morgan fingerprint density at radius 1 is 1.64 bits per heavy atom. The van der Waals surface area contributed by atoms with Crippen molar-refractivity contribution in [3.05, 3.63) is 18.1 Å². The third-order valence-electron chi connectivity index (χ3n) is 1.18. The van der Waals surface area contributed by atoms with Crippen molar-refractivity contribution in [1.29, 1.82) is 0 Å². The third-order valence-corrected chi connectivity index (χ3v) is 1.18. The maximum absolute atomic E-state index is 8.45. The first-order valence-corrected chi connectivity index (χ1v) is 3.35. The molecule has 1 heterocycles. The molecule has 4 nitrogen and oxygen atoms in total. The predicted molar refractivity (Wildman–Crippen MR) is 39.3 cm³/mol. The van der Waals surface area contributed by atoms with Gasteiger partial charge in [-0.2, -0.15) is 0 Å². The van der Waals surface area contributed by atoms with Gasteiger partial charge in [-0.25, -0.2) is 9.97 Å². The van der Waals surface area contributed by atoms with Crippen molar-refractivity contribution in [2.75, 3.05) is 13.2 Å². The van der Waals surface area contributed by atoms with Crippen molar-refractivity contribution in [3.8, 4) is 5.88 Å². The van der Waals surface area contributed by atoms with E-state index in [4.69, 9.17) is 9.84 Å². The molecule has 11 heavy (non-hydrogen) atoms. The summed E-state index contributed by atoms with van der Waals surface area (Å²) in [6.45, 7) is 2.13. The van der Waals surface area contributed by atoms with E-state index in [0.717, 1.165) is 5.56 Å². The average Bonchev–Trinajstić information content (AvgIpc) is 2.03. The van der Waals surface area contributed by atoms with Crippen LogP contribution in [0.3, 0.4) is 0 Å². The second kappa shape index (κ2) is 3.88. The minimum absolute atomic E-state index is 0.00342. The topological polar surface area (TPSA) is 55.2 Å². The van der Waals surface area contributed by atoms with Gasteiger partial charge in [-0.05, 0) is 6.92 Å². The summed E-state index contributed by atoms with van der Waals surface area (Å²) in [5, 5.41) is 8.45. The monoisotopic (exact) mass is 154 g/mol. The van der Waals surface area contributed by atoms with Gasteiger partial charge in [0, 0.05) is 11.8 Å². The normalized spacial score (nSPS) is 9.64.